The summed E-state index contributed by atoms with van der Waals surface area (Å²) in [5, 5.41) is 6.31. The Labute approximate surface area is 168 Å². The van der Waals surface area contributed by atoms with E-state index in [0.717, 1.165) is 42.0 Å². The molecule has 0 atom stereocenters. The summed E-state index contributed by atoms with van der Waals surface area (Å²) in [6.07, 6.45) is 1.82. The molecule has 1 aliphatic rings. The van der Waals surface area contributed by atoms with E-state index in [1.165, 1.54) is 11.1 Å². The number of anilines is 1. The van der Waals surface area contributed by atoms with Gasteiger partial charge in [0.2, 0.25) is 5.91 Å². The molecule has 1 fully saturated rings. The number of nitrogens with one attached hydrogen (secondary N) is 1. The number of amides is 1. The molecule has 1 saturated heterocycles. The van der Waals surface area contributed by atoms with Gasteiger partial charge in [-0.1, -0.05) is 30.3 Å². The smallest absolute Gasteiger partial charge is 0.217 e. The Hall–Kier alpha value is -2.51. The lowest BCUT2D eigenvalue weighted by molar-refractivity contribution is -0.119. The SMILES string of the molecule is COCc1nc(N2CCC(NC(C)=O)CC2)c2c(-c3ccccc3)csc2n1. The van der Waals surface area contributed by atoms with Crippen LogP contribution in [0, 0.1) is 0 Å². The second-order valence-electron chi connectivity index (χ2n) is 7.05. The minimum Gasteiger partial charge on any atom is -0.377 e. The van der Waals surface area contributed by atoms with Gasteiger partial charge >= 0.3 is 0 Å². The summed E-state index contributed by atoms with van der Waals surface area (Å²) in [7, 11) is 1.66. The molecule has 1 aliphatic heterocycles. The van der Waals surface area contributed by atoms with Gasteiger partial charge in [-0.3, -0.25) is 4.79 Å². The number of hydrogen-bond donors (Lipinski definition) is 1. The van der Waals surface area contributed by atoms with Crippen LogP contribution in [0.2, 0.25) is 0 Å². The molecule has 7 heteroatoms. The first kappa shape index (κ1) is 18.8. The number of methoxy groups -OCH3 is 1. The predicted molar refractivity (Wildman–Crippen MR) is 113 cm³/mol. The van der Waals surface area contributed by atoms with Crippen molar-refractivity contribution in [3.8, 4) is 11.1 Å². The molecule has 0 aliphatic carbocycles. The van der Waals surface area contributed by atoms with E-state index in [9.17, 15) is 4.79 Å². The zero-order valence-electron chi connectivity index (χ0n) is 16.1. The van der Waals surface area contributed by atoms with Gasteiger partial charge in [-0.15, -0.1) is 11.3 Å². The van der Waals surface area contributed by atoms with Gasteiger partial charge in [0.1, 0.15) is 17.3 Å². The number of carbonyl (C=O) groups is 1. The van der Waals surface area contributed by atoms with E-state index in [1.54, 1.807) is 25.4 Å². The Bertz CT molecular complexity index is 965. The number of benzene rings is 1. The Morgan fingerprint density at radius 2 is 2.00 bits per heavy atom. The summed E-state index contributed by atoms with van der Waals surface area (Å²) >= 11 is 1.65. The minimum atomic E-state index is 0.0365. The van der Waals surface area contributed by atoms with Gasteiger partial charge in [-0.05, 0) is 18.4 Å². The van der Waals surface area contributed by atoms with E-state index in [2.05, 4.69) is 39.9 Å². The molecule has 1 amide bonds. The first-order valence-corrected chi connectivity index (χ1v) is 10.4. The number of aromatic nitrogens is 2. The number of nitrogens with zero attached hydrogens (tertiary/aromatic N) is 3. The third kappa shape index (κ3) is 3.86. The Morgan fingerprint density at radius 3 is 2.68 bits per heavy atom. The molecule has 3 heterocycles. The molecule has 3 aromatic rings. The highest BCUT2D eigenvalue weighted by Crippen LogP contribution is 2.39. The highest BCUT2D eigenvalue weighted by molar-refractivity contribution is 7.17. The zero-order valence-corrected chi connectivity index (χ0v) is 17.0. The van der Waals surface area contributed by atoms with Crippen molar-refractivity contribution in [3.63, 3.8) is 0 Å². The monoisotopic (exact) mass is 396 g/mol. The van der Waals surface area contributed by atoms with Crippen LogP contribution in [0.5, 0.6) is 0 Å². The summed E-state index contributed by atoms with van der Waals surface area (Å²) in [4.78, 5) is 24.3. The summed E-state index contributed by atoms with van der Waals surface area (Å²) < 4.78 is 5.29. The topological polar surface area (TPSA) is 67.3 Å². The van der Waals surface area contributed by atoms with Gasteiger partial charge in [0.05, 0.1) is 5.39 Å². The number of piperidine rings is 1. The third-order valence-corrected chi connectivity index (χ3v) is 5.89. The van der Waals surface area contributed by atoms with E-state index >= 15 is 0 Å². The molecule has 4 rings (SSSR count). The maximum absolute atomic E-state index is 11.4. The molecule has 0 radical (unpaired) electrons. The normalized spacial score (nSPS) is 15.1. The second-order valence-corrected chi connectivity index (χ2v) is 7.91. The summed E-state index contributed by atoms with van der Waals surface area (Å²) in [5.41, 5.74) is 2.34. The van der Waals surface area contributed by atoms with Gasteiger partial charge < -0.3 is 15.0 Å². The van der Waals surface area contributed by atoms with E-state index in [0.29, 0.717) is 12.4 Å². The number of fused-ring (bicyclic) bond motifs is 1. The predicted octanol–water partition coefficient (Wildman–Crippen LogP) is 3.61. The van der Waals surface area contributed by atoms with E-state index in [-0.39, 0.29) is 11.9 Å². The van der Waals surface area contributed by atoms with Crippen LogP contribution >= 0.6 is 11.3 Å². The summed E-state index contributed by atoms with van der Waals surface area (Å²) in [6, 6.07) is 10.6. The Morgan fingerprint density at radius 1 is 1.25 bits per heavy atom. The van der Waals surface area contributed by atoms with Crippen LogP contribution in [0.1, 0.15) is 25.6 Å². The number of thiophene rings is 1. The molecule has 0 bridgehead atoms. The zero-order chi connectivity index (χ0) is 19.5. The van der Waals surface area contributed by atoms with Crippen LogP contribution in [0.25, 0.3) is 21.3 Å². The molecule has 0 saturated carbocycles. The second kappa shape index (κ2) is 8.24. The fourth-order valence-corrected chi connectivity index (χ4v) is 4.70. The molecule has 0 spiro atoms. The first-order valence-electron chi connectivity index (χ1n) is 9.50. The highest BCUT2D eigenvalue weighted by atomic mass is 32.1. The van der Waals surface area contributed by atoms with Crippen molar-refractivity contribution in [1.29, 1.82) is 0 Å². The number of hydrogen-bond acceptors (Lipinski definition) is 6. The average molecular weight is 397 g/mol. The molecule has 0 unspecified atom stereocenters. The fourth-order valence-electron chi connectivity index (χ4n) is 3.74. The number of ether oxygens (including phenoxy) is 1. The Balaban J connectivity index is 1.73. The third-order valence-electron chi connectivity index (χ3n) is 5.02. The lowest BCUT2D eigenvalue weighted by Crippen LogP contribution is -2.44. The van der Waals surface area contributed by atoms with Crippen molar-refractivity contribution in [1.82, 2.24) is 15.3 Å². The molecule has 6 nitrogen and oxygen atoms in total. The van der Waals surface area contributed by atoms with Crippen molar-refractivity contribution in [2.75, 3.05) is 25.1 Å². The molecule has 2 aromatic heterocycles. The first-order chi connectivity index (χ1) is 13.7. The van der Waals surface area contributed by atoms with Crippen molar-refractivity contribution < 1.29 is 9.53 Å². The Kier molecular flexibility index (Phi) is 5.54. The van der Waals surface area contributed by atoms with Gasteiger partial charge in [0.15, 0.2) is 5.82 Å². The molecule has 1 aromatic carbocycles. The van der Waals surface area contributed by atoms with Crippen molar-refractivity contribution in [2.45, 2.75) is 32.4 Å². The number of rotatable bonds is 5. The van der Waals surface area contributed by atoms with Crippen LogP contribution < -0.4 is 10.2 Å². The average Bonchev–Trinajstić information content (AvgIpc) is 3.12. The van der Waals surface area contributed by atoms with Crippen molar-refractivity contribution >= 4 is 33.3 Å². The lowest BCUT2D eigenvalue weighted by atomic mass is 10.0. The van der Waals surface area contributed by atoms with Crippen LogP contribution in [0.3, 0.4) is 0 Å². The summed E-state index contributed by atoms with van der Waals surface area (Å²) in [6.45, 7) is 3.68. The minimum absolute atomic E-state index is 0.0365. The van der Waals surface area contributed by atoms with Crippen LogP contribution in [-0.2, 0) is 16.1 Å². The van der Waals surface area contributed by atoms with E-state index in [4.69, 9.17) is 14.7 Å². The van der Waals surface area contributed by atoms with Gasteiger partial charge in [-0.25, -0.2) is 9.97 Å². The van der Waals surface area contributed by atoms with E-state index < -0.39 is 0 Å². The van der Waals surface area contributed by atoms with Gasteiger partial charge in [0, 0.05) is 44.1 Å². The highest BCUT2D eigenvalue weighted by Gasteiger charge is 2.25. The maximum Gasteiger partial charge on any atom is 0.217 e. The van der Waals surface area contributed by atoms with Crippen LogP contribution in [0.4, 0.5) is 5.82 Å². The van der Waals surface area contributed by atoms with Crippen molar-refractivity contribution in [3.05, 3.63) is 41.5 Å². The standard InChI is InChI=1S/C21H24N4O2S/c1-14(26)22-16-8-10-25(11-9-16)20-19-17(15-6-4-3-5-7-15)13-28-21(19)24-18(23-20)12-27-2/h3-7,13,16H,8-12H2,1-2H3,(H,22,26). The molecule has 28 heavy (non-hydrogen) atoms. The molecule has 146 valence electrons. The van der Waals surface area contributed by atoms with E-state index in [1.807, 2.05) is 6.07 Å². The molecule has 1 N–H and O–H groups in total. The van der Waals surface area contributed by atoms with Crippen LogP contribution in [-0.4, -0.2) is 42.1 Å². The quantitative estimate of drug-likeness (QED) is 0.714. The van der Waals surface area contributed by atoms with Crippen LogP contribution in [0.15, 0.2) is 35.7 Å². The van der Waals surface area contributed by atoms with Crippen molar-refractivity contribution in [2.24, 2.45) is 0 Å². The maximum atomic E-state index is 11.4. The fraction of sp³-hybridized carbons (Fsp3) is 0.381. The molecular weight excluding hydrogens is 372 g/mol. The number of carbonyl (C=O) groups excluding carboxylic acids is 1. The molecular formula is C21H24N4O2S. The largest absolute Gasteiger partial charge is 0.377 e. The van der Waals surface area contributed by atoms with Gasteiger partial charge in [0.25, 0.3) is 0 Å². The lowest BCUT2D eigenvalue weighted by Gasteiger charge is -2.33. The summed E-state index contributed by atoms with van der Waals surface area (Å²) in [5.74, 6) is 1.71. The van der Waals surface area contributed by atoms with Gasteiger partial charge in [-0.2, -0.15) is 0 Å².